The smallest absolute Gasteiger partial charge is 0.346 e. The molecule has 0 amide bonds. The Balaban J connectivity index is 1.96. The highest BCUT2D eigenvalue weighted by atomic mass is 32.1. The van der Waals surface area contributed by atoms with Gasteiger partial charge in [0.05, 0.1) is 4.88 Å². The van der Waals surface area contributed by atoms with Crippen LogP contribution in [-0.2, 0) is 0 Å². The molecular formula is C25H36N2O2S. The zero-order chi connectivity index (χ0) is 21.7. The first kappa shape index (κ1) is 23.1. The maximum absolute atomic E-state index is 12.1. The van der Waals surface area contributed by atoms with Crippen molar-refractivity contribution in [2.24, 2.45) is 11.8 Å². The zero-order valence-electron chi connectivity index (χ0n) is 18.9. The highest BCUT2D eigenvalue weighted by Gasteiger charge is 2.30. The van der Waals surface area contributed by atoms with E-state index in [0.29, 0.717) is 22.8 Å². The van der Waals surface area contributed by atoms with Crippen LogP contribution in [-0.4, -0.2) is 49.2 Å². The summed E-state index contributed by atoms with van der Waals surface area (Å²) in [5.41, 5.74) is 3.67. The Morgan fingerprint density at radius 1 is 1.37 bits per heavy atom. The van der Waals surface area contributed by atoms with E-state index in [1.807, 2.05) is 6.07 Å². The molecule has 0 radical (unpaired) electrons. The number of nitrogens with one attached hydrogen (secondary N) is 1. The van der Waals surface area contributed by atoms with Gasteiger partial charge in [0.2, 0.25) is 0 Å². The topological polar surface area (TPSA) is 52.6 Å². The Bertz CT molecular complexity index is 837. The van der Waals surface area contributed by atoms with Crippen molar-refractivity contribution >= 4 is 22.9 Å². The average molecular weight is 429 g/mol. The molecule has 3 rings (SSSR count). The monoisotopic (exact) mass is 428 g/mol. The lowest BCUT2D eigenvalue weighted by molar-refractivity contribution is 0.0702. The third-order valence-corrected chi connectivity index (χ3v) is 7.66. The van der Waals surface area contributed by atoms with Crippen LogP contribution in [0.25, 0.3) is 5.57 Å². The quantitative estimate of drug-likeness (QED) is 0.619. The second kappa shape index (κ2) is 10.6. The van der Waals surface area contributed by atoms with Gasteiger partial charge in [0.25, 0.3) is 0 Å². The second-order valence-electron chi connectivity index (χ2n) is 8.95. The van der Waals surface area contributed by atoms with Gasteiger partial charge in [0.1, 0.15) is 4.88 Å². The first-order valence-electron chi connectivity index (χ1n) is 11.4. The summed E-state index contributed by atoms with van der Waals surface area (Å²) < 4.78 is 0. The van der Waals surface area contributed by atoms with Crippen molar-refractivity contribution in [2.75, 3.05) is 27.2 Å². The third kappa shape index (κ3) is 5.55. The first-order valence-corrected chi connectivity index (χ1v) is 12.2. The molecule has 164 valence electrons. The molecule has 1 fully saturated rings. The summed E-state index contributed by atoms with van der Waals surface area (Å²) in [7, 11) is 4.19. The number of carbonyl (C=O) groups is 1. The standard InChI is InChI=1S/C25H36N2O2S/c1-5-6-17(2)7-12-20-15-22(24(30-20)25(28)29)23-16-27(4)14-13-21(23)18-8-10-19(26-3)11-9-18/h15,17-19,26H,5-6,8-11,13-14,16H2,1-4H3,(H,28,29). The maximum Gasteiger partial charge on any atom is 0.346 e. The van der Waals surface area contributed by atoms with E-state index < -0.39 is 5.97 Å². The van der Waals surface area contributed by atoms with Crippen LogP contribution >= 0.6 is 11.3 Å². The molecule has 0 spiro atoms. The Kier molecular flexibility index (Phi) is 8.16. The lowest BCUT2D eigenvalue weighted by atomic mass is 9.76. The van der Waals surface area contributed by atoms with Crippen LogP contribution in [0.2, 0.25) is 0 Å². The van der Waals surface area contributed by atoms with Gasteiger partial charge in [-0.2, -0.15) is 0 Å². The number of aromatic carboxylic acids is 1. The summed E-state index contributed by atoms with van der Waals surface area (Å²) in [6.45, 7) is 6.19. The van der Waals surface area contributed by atoms with Crippen molar-refractivity contribution in [1.29, 1.82) is 0 Å². The van der Waals surface area contributed by atoms with E-state index in [0.717, 1.165) is 42.8 Å². The first-order chi connectivity index (χ1) is 14.4. The molecule has 2 aliphatic rings. The van der Waals surface area contributed by atoms with Crippen LogP contribution in [0.5, 0.6) is 0 Å². The van der Waals surface area contributed by atoms with Crippen molar-refractivity contribution < 1.29 is 9.90 Å². The molecule has 2 N–H and O–H groups in total. The summed E-state index contributed by atoms with van der Waals surface area (Å²) in [6.07, 6.45) is 8.04. The molecule has 2 heterocycles. The zero-order valence-corrected chi connectivity index (χ0v) is 19.7. The summed E-state index contributed by atoms with van der Waals surface area (Å²) >= 11 is 1.34. The Morgan fingerprint density at radius 3 is 2.73 bits per heavy atom. The summed E-state index contributed by atoms with van der Waals surface area (Å²) in [6, 6.07) is 2.67. The van der Waals surface area contributed by atoms with Crippen molar-refractivity contribution in [1.82, 2.24) is 10.2 Å². The fourth-order valence-electron chi connectivity index (χ4n) is 4.89. The summed E-state index contributed by atoms with van der Waals surface area (Å²) in [5.74, 6) is 6.67. The van der Waals surface area contributed by atoms with Gasteiger partial charge in [0, 0.05) is 30.6 Å². The molecule has 1 unspecified atom stereocenters. The normalized spacial score (nSPS) is 23.7. The van der Waals surface area contributed by atoms with Crippen molar-refractivity contribution in [3.8, 4) is 11.8 Å². The van der Waals surface area contributed by atoms with E-state index in [1.54, 1.807) is 0 Å². The third-order valence-electron chi connectivity index (χ3n) is 6.62. The van der Waals surface area contributed by atoms with Gasteiger partial charge in [-0.1, -0.05) is 37.7 Å². The van der Waals surface area contributed by atoms with Crippen molar-refractivity contribution in [3.05, 3.63) is 27.0 Å². The van der Waals surface area contributed by atoms with E-state index >= 15 is 0 Å². The van der Waals surface area contributed by atoms with Crippen LogP contribution in [0.1, 0.15) is 78.9 Å². The van der Waals surface area contributed by atoms with Crippen LogP contribution in [0, 0.1) is 23.7 Å². The maximum atomic E-state index is 12.1. The van der Waals surface area contributed by atoms with Gasteiger partial charge in [-0.3, -0.25) is 0 Å². The molecule has 1 aliphatic heterocycles. The van der Waals surface area contributed by atoms with E-state index in [1.165, 1.54) is 48.2 Å². The molecule has 1 aromatic rings. The molecule has 1 saturated carbocycles. The predicted octanol–water partition coefficient (Wildman–Crippen LogP) is 5.10. The molecule has 1 aromatic heterocycles. The molecule has 1 atom stereocenters. The molecule has 30 heavy (non-hydrogen) atoms. The molecule has 0 aromatic carbocycles. The largest absolute Gasteiger partial charge is 0.477 e. The Hall–Kier alpha value is -1.61. The number of likely N-dealkylation sites (N-methyl/N-ethyl adjacent to an activating group) is 1. The van der Waals surface area contributed by atoms with Crippen LogP contribution in [0.4, 0.5) is 0 Å². The van der Waals surface area contributed by atoms with E-state index in [9.17, 15) is 9.90 Å². The number of hydrogen-bond donors (Lipinski definition) is 2. The second-order valence-corrected chi connectivity index (χ2v) is 10.00. The van der Waals surface area contributed by atoms with Crippen LogP contribution < -0.4 is 5.32 Å². The SMILES string of the molecule is CCCC(C)C#Cc1cc(C2=C(C3CCC(NC)CC3)CCN(C)C2)c(C(=O)O)s1. The highest BCUT2D eigenvalue weighted by Crippen LogP contribution is 2.40. The Morgan fingerprint density at radius 2 is 2.10 bits per heavy atom. The molecule has 4 nitrogen and oxygen atoms in total. The van der Waals surface area contributed by atoms with Gasteiger partial charge in [-0.25, -0.2) is 4.79 Å². The van der Waals surface area contributed by atoms with E-state index in [4.69, 9.17) is 0 Å². The van der Waals surface area contributed by atoms with Gasteiger partial charge in [0.15, 0.2) is 0 Å². The van der Waals surface area contributed by atoms with Gasteiger partial charge >= 0.3 is 5.97 Å². The van der Waals surface area contributed by atoms with Gasteiger partial charge < -0.3 is 15.3 Å². The molecule has 0 bridgehead atoms. The number of thiophene rings is 1. The minimum atomic E-state index is -0.830. The van der Waals surface area contributed by atoms with Crippen LogP contribution in [0.3, 0.4) is 0 Å². The van der Waals surface area contributed by atoms with E-state index in [2.05, 4.69) is 50.0 Å². The van der Waals surface area contributed by atoms with Gasteiger partial charge in [-0.05, 0) is 70.2 Å². The summed E-state index contributed by atoms with van der Waals surface area (Å²) in [5, 5.41) is 13.3. The highest BCUT2D eigenvalue weighted by molar-refractivity contribution is 7.14. The molecule has 0 saturated heterocycles. The molecular weight excluding hydrogens is 392 g/mol. The lowest BCUT2D eigenvalue weighted by Crippen LogP contribution is -2.34. The average Bonchev–Trinajstić information content (AvgIpc) is 3.17. The van der Waals surface area contributed by atoms with E-state index in [-0.39, 0.29) is 0 Å². The molecule has 5 heteroatoms. The number of nitrogens with zero attached hydrogens (tertiary/aromatic N) is 1. The Labute approximate surface area is 185 Å². The number of rotatable bonds is 6. The van der Waals surface area contributed by atoms with Crippen molar-refractivity contribution in [3.63, 3.8) is 0 Å². The predicted molar refractivity (Wildman–Crippen MR) is 126 cm³/mol. The van der Waals surface area contributed by atoms with Crippen LogP contribution in [0.15, 0.2) is 11.6 Å². The lowest BCUT2D eigenvalue weighted by Gasteiger charge is -2.36. The van der Waals surface area contributed by atoms with Gasteiger partial charge in [-0.15, -0.1) is 11.3 Å². The van der Waals surface area contributed by atoms with Crippen molar-refractivity contribution in [2.45, 2.75) is 64.8 Å². The molecule has 1 aliphatic carbocycles. The fraction of sp³-hybridized carbons (Fsp3) is 0.640. The fourth-order valence-corrected chi connectivity index (χ4v) is 5.77. The minimum absolute atomic E-state index is 0.340. The number of hydrogen-bond acceptors (Lipinski definition) is 4. The number of carboxylic acids is 1. The summed E-state index contributed by atoms with van der Waals surface area (Å²) in [4.78, 5) is 15.7. The minimum Gasteiger partial charge on any atom is -0.477 e. The number of carboxylic acid groups (broad SMARTS) is 1.